The van der Waals surface area contributed by atoms with Crippen LogP contribution >= 0.6 is 47.8 Å². The van der Waals surface area contributed by atoms with Crippen molar-refractivity contribution in [3.63, 3.8) is 0 Å². The van der Waals surface area contributed by atoms with Crippen molar-refractivity contribution in [3.05, 3.63) is 39.7 Å². The van der Waals surface area contributed by atoms with Gasteiger partial charge in [-0.15, -0.1) is 0 Å². The molecule has 0 heterocycles. The van der Waals surface area contributed by atoms with Gasteiger partial charge >= 0.3 is 11.4 Å². The van der Waals surface area contributed by atoms with Crippen LogP contribution in [0.25, 0.3) is 0 Å². The summed E-state index contributed by atoms with van der Waals surface area (Å²) in [6, 6.07) is 1.26. The predicted molar refractivity (Wildman–Crippen MR) is 62.9 cm³/mol. The number of halogens is 3. The smallest absolute Gasteiger partial charge is 0.258 e. The second-order valence-electron chi connectivity index (χ2n) is 2.37. The zero-order valence-electron chi connectivity index (χ0n) is 6.74. The second kappa shape index (κ2) is 4.54. The highest BCUT2D eigenvalue weighted by Gasteiger charge is 2.29. The van der Waals surface area contributed by atoms with E-state index in [-0.39, 0.29) is 24.8 Å². The van der Waals surface area contributed by atoms with Gasteiger partial charge in [-0.2, -0.15) is 0 Å². The summed E-state index contributed by atoms with van der Waals surface area (Å²) >= 11 is 8.76. The molecular formula is C6HBr3N2O4. The molecule has 6 nitrogen and oxygen atoms in total. The van der Waals surface area contributed by atoms with E-state index in [1.807, 2.05) is 0 Å². The Labute approximate surface area is 108 Å². The molecule has 0 saturated heterocycles. The zero-order valence-corrected chi connectivity index (χ0v) is 11.5. The minimum Gasteiger partial charge on any atom is -0.258 e. The van der Waals surface area contributed by atoms with Crippen LogP contribution in [0.4, 0.5) is 11.4 Å². The van der Waals surface area contributed by atoms with Crippen molar-refractivity contribution in [2.45, 2.75) is 0 Å². The molecule has 0 atom stereocenters. The van der Waals surface area contributed by atoms with Crippen molar-refractivity contribution in [2.24, 2.45) is 0 Å². The van der Waals surface area contributed by atoms with Crippen LogP contribution in [0, 0.1) is 20.2 Å². The van der Waals surface area contributed by atoms with E-state index in [0.717, 1.165) is 0 Å². The Morgan fingerprint density at radius 2 is 1.27 bits per heavy atom. The van der Waals surface area contributed by atoms with E-state index in [1.54, 1.807) is 0 Å². The minimum atomic E-state index is -0.701. The van der Waals surface area contributed by atoms with Gasteiger partial charge in [0, 0.05) is 0 Å². The molecule has 1 aromatic carbocycles. The van der Waals surface area contributed by atoms with Crippen molar-refractivity contribution < 1.29 is 9.85 Å². The molecule has 0 amide bonds. The number of nitrogens with zero attached hydrogens (tertiary/aromatic N) is 2. The Morgan fingerprint density at radius 1 is 0.933 bits per heavy atom. The van der Waals surface area contributed by atoms with Crippen LogP contribution in [0.15, 0.2) is 19.5 Å². The average molecular weight is 405 g/mol. The Bertz CT molecular complexity index is 424. The molecule has 0 unspecified atom stereocenters. The van der Waals surface area contributed by atoms with Crippen LogP contribution in [0.3, 0.4) is 0 Å². The lowest BCUT2D eigenvalue weighted by Gasteiger charge is -2.01. The van der Waals surface area contributed by atoms with E-state index >= 15 is 0 Å². The first kappa shape index (κ1) is 12.5. The third-order valence-electron chi connectivity index (χ3n) is 1.49. The molecular weight excluding hydrogens is 404 g/mol. The summed E-state index contributed by atoms with van der Waals surface area (Å²) < 4.78 is 0.160. The summed E-state index contributed by atoms with van der Waals surface area (Å²) in [5.74, 6) is 0. The summed E-state index contributed by atoms with van der Waals surface area (Å²) in [5, 5.41) is 21.3. The SMILES string of the molecule is O=[N+]([O-])c1c(Br)cc(Br)c([N+](=O)[O-])c1Br. The van der Waals surface area contributed by atoms with Crippen LogP contribution in [0.2, 0.25) is 0 Å². The van der Waals surface area contributed by atoms with E-state index in [0.29, 0.717) is 0 Å². The molecule has 0 N–H and O–H groups in total. The van der Waals surface area contributed by atoms with Gasteiger partial charge in [0.05, 0.1) is 18.8 Å². The molecule has 15 heavy (non-hydrogen) atoms. The number of nitro groups is 2. The molecule has 0 aliphatic carbocycles. The highest BCUT2D eigenvalue weighted by Crippen LogP contribution is 2.43. The lowest BCUT2D eigenvalue weighted by atomic mass is 10.3. The summed E-state index contributed by atoms with van der Waals surface area (Å²) in [6.07, 6.45) is 0. The number of hydrogen-bond donors (Lipinski definition) is 0. The first-order valence-corrected chi connectivity index (χ1v) is 5.70. The molecule has 9 heteroatoms. The maximum absolute atomic E-state index is 10.6. The van der Waals surface area contributed by atoms with Gasteiger partial charge in [-0.3, -0.25) is 20.2 Å². The Morgan fingerprint density at radius 3 is 1.53 bits per heavy atom. The van der Waals surface area contributed by atoms with Crippen LogP contribution in [0.5, 0.6) is 0 Å². The van der Waals surface area contributed by atoms with Gasteiger partial charge in [0.15, 0.2) is 4.47 Å². The Balaban J connectivity index is 3.64. The fourth-order valence-electron chi connectivity index (χ4n) is 0.905. The van der Waals surface area contributed by atoms with Gasteiger partial charge in [0.25, 0.3) is 0 Å². The van der Waals surface area contributed by atoms with E-state index in [2.05, 4.69) is 47.8 Å². The van der Waals surface area contributed by atoms with Crippen molar-refractivity contribution >= 4 is 59.2 Å². The van der Waals surface area contributed by atoms with Gasteiger partial charge in [-0.05, 0) is 53.9 Å². The van der Waals surface area contributed by atoms with Crippen LogP contribution < -0.4 is 0 Å². The van der Waals surface area contributed by atoms with Gasteiger partial charge in [-0.1, -0.05) is 0 Å². The van der Waals surface area contributed by atoms with E-state index in [9.17, 15) is 20.2 Å². The third kappa shape index (κ3) is 2.34. The third-order valence-corrected chi connectivity index (χ3v) is 3.45. The fraction of sp³-hybridized carbons (Fsp3) is 0. The van der Waals surface area contributed by atoms with Crippen molar-refractivity contribution in [1.29, 1.82) is 0 Å². The molecule has 0 bridgehead atoms. The first-order chi connectivity index (χ1) is 6.86. The summed E-state index contributed by atoms with van der Waals surface area (Å²) in [6.45, 7) is 0. The van der Waals surface area contributed by atoms with Gasteiger partial charge in [-0.25, -0.2) is 0 Å². The average Bonchev–Trinajstić information content (AvgIpc) is 1.99. The number of benzene rings is 1. The van der Waals surface area contributed by atoms with Crippen LogP contribution in [0.1, 0.15) is 0 Å². The second-order valence-corrected chi connectivity index (χ2v) is 4.87. The van der Waals surface area contributed by atoms with E-state index < -0.39 is 9.85 Å². The maximum atomic E-state index is 10.6. The molecule has 80 valence electrons. The molecule has 0 saturated carbocycles. The van der Waals surface area contributed by atoms with E-state index in [1.165, 1.54) is 6.07 Å². The standard InChI is InChI=1S/C6HBr3N2O4/c7-2-1-3(8)6(11(14)15)4(9)5(2)10(12)13/h1H. The monoisotopic (exact) mass is 402 g/mol. The zero-order chi connectivity index (χ0) is 11.7. The summed E-state index contributed by atoms with van der Waals surface area (Å²) in [5.41, 5.74) is -0.741. The number of nitro benzene ring substituents is 2. The first-order valence-electron chi connectivity index (χ1n) is 3.32. The molecule has 0 aliphatic heterocycles. The Hall–Kier alpha value is -0.540. The topological polar surface area (TPSA) is 86.3 Å². The van der Waals surface area contributed by atoms with Gasteiger partial charge in [0.2, 0.25) is 0 Å². The maximum Gasteiger partial charge on any atom is 0.304 e. The van der Waals surface area contributed by atoms with E-state index in [4.69, 9.17) is 0 Å². The van der Waals surface area contributed by atoms with Crippen LogP contribution in [-0.4, -0.2) is 9.85 Å². The lowest BCUT2D eigenvalue weighted by molar-refractivity contribution is -0.396. The summed E-state index contributed by atoms with van der Waals surface area (Å²) in [4.78, 5) is 19.9. The highest BCUT2D eigenvalue weighted by atomic mass is 79.9. The van der Waals surface area contributed by atoms with Gasteiger partial charge in [0.1, 0.15) is 0 Å². The molecule has 1 aromatic rings. The largest absolute Gasteiger partial charge is 0.304 e. The molecule has 0 radical (unpaired) electrons. The summed E-state index contributed by atoms with van der Waals surface area (Å²) in [7, 11) is 0. The quantitative estimate of drug-likeness (QED) is 0.554. The highest BCUT2D eigenvalue weighted by molar-refractivity contribution is 9.11. The van der Waals surface area contributed by atoms with Crippen molar-refractivity contribution in [3.8, 4) is 0 Å². The lowest BCUT2D eigenvalue weighted by Crippen LogP contribution is -1.97. The molecule has 0 aliphatic rings. The number of rotatable bonds is 2. The van der Waals surface area contributed by atoms with Crippen LogP contribution in [-0.2, 0) is 0 Å². The van der Waals surface area contributed by atoms with Gasteiger partial charge < -0.3 is 0 Å². The molecule has 1 rings (SSSR count). The molecule has 0 fully saturated rings. The fourth-order valence-corrected chi connectivity index (χ4v) is 3.60. The molecule has 0 spiro atoms. The van der Waals surface area contributed by atoms with Crippen molar-refractivity contribution in [2.75, 3.05) is 0 Å². The predicted octanol–water partition coefficient (Wildman–Crippen LogP) is 3.79. The molecule has 0 aromatic heterocycles. The Kier molecular flexibility index (Phi) is 3.79. The van der Waals surface area contributed by atoms with Crippen molar-refractivity contribution in [1.82, 2.24) is 0 Å². The normalized spacial score (nSPS) is 10.1. The minimum absolute atomic E-state index is 0.164. The number of hydrogen-bond acceptors (Lipinski definition) is 4.